The highest BCUT2D eigenvalue weighted by molar-refractivity contribution is 8.07. The van der Waals surface area contributed by atoms with Gasteiger partial charge in [-0.2, -0.15) is 23.5 Å². The second-order valence-corrected chi connectivity index (χ2v) is 8.05. The molecule has 0 bridgehead atoms. The Morgan fingerprint density at radius 1 is 1.06 bits per heavy atom. The van der Waals surface area contributed by atoms with Gasteiger partial charge >= 0.3 is 0 Å². The lowest BCUT2D eigenvalue weighted by molar-refractivity contribution is 0.447. The summed E-state index contributed by atoms with van der Waals surface area (Å²) in [5.74, 6) is 2.69. The molecule has 3 unspecified atom stereocenters. The number of unbranched alkanes of at least 4 members (excludes halogenated alkanes) is 4. The van der Waals surface area contributed by atoms with E-state index < -0.39 is 0 Å². The Morgan fingerprint density at radius 2 is 1.78 bits per heavy atom. The first-order valence-corrected chi connectivity index (χ1v) is 9.85. The second kappa shape index (κ2) is 10.4. The van der Waals surface area contributed by atoms with E-state index >= 15 is 0 Å². The standard InChI is InChI=1S/C15H31NS2/c1-4-6-7-8-9-10-14(16-5-2)15-13(3)17-11-12-18-15/h13-16H,4-12H2,1-3H3. The van der Waals surface area contributed by atoms with Crippen molar-refractivity contribution < 1.29 is 0 Å². The zero-order valence-electron chi connectivity index (χ0n) is 12.4. The van der Waals surface area contributed by atoms with Crippen molar-refractivity contribution >= 4 is 23.5 Å². The smallest absolute Gasteiger partial charge is 0.0317 e. The van der Waals surface area contributed by atoms with Crippen LogP contribution in [0.15, 0.2) is 0 Å². The summed E-state index contributed by atoms with van der Waals surface area (Å²) < 4.78 is 0. The Morgan fingerprint density at radius 3 is 2.44 bits per heavy atom. The molecule has 1 fully saturated rings. The monoisotopic (exact) mass is 289 g/mol. The molecule has 1 rings (SSSR count). The van der Waals surface area contributed by atoms with Gasteiger partial charge in [-0.25, -0.2) is 0 Å². The van der Waals surface area contributed by atoms with Crippen LogP contribution in [0.25, 0.3) is 0 Å². The molecule has 18 heavy (non-hydrogen) atoms. The third-order valence-corrected chi connectivity index (χ3v) is 6.97. The molecule has 3 atom stereocenters. The SMILES string of the molecule is CCCCCCCC(NCC)C1SCCSC1C. The molecule has 1 saturated heterocycles. The molecule has 3 heteroatoms. The maximum Gasteiger partial charge on any atom is 0.0317 e. The topological polar surface area (TPSA) is 12.0 Å². The Kier molecular flexibility index (Phi) is 9.70. The molecule has 0 spiro atoms. The summed E-state index contributed by atoms with van der Waals surface area (Å²) in [6.45, 7) is 8.07. The predicted molar refractivity (Wildman–Crippen MR) is 89.0 cm³/mol. The second-order valence-electron chi connectivity index (χ2n) is 5.28. The van der Waals surface area contributed by atoms with Crippen LogP contribution in [0.2, 0.25) is 0 Å². The molecular weight excluding hydrogens is 258 g/mol. The first kappa shape index (κ1) is 16.7. The van der Waals surface area contributed by atoms with Gasteiger partial charge in [0.2, 0.25) is 0 Å². The lowest BCUT2D eigenvalue weighted by Gasteiger charge is -2.35. The van der Waals surface area contributed by atoms with Gasteiger partial charge in [0, 0.05) is 28.0 Å². The Labute approximate surface area is 123 Å². The van der Waals surface area contributed by atoms with Crippen LogP contribution in [0.4, 0.5) is 0 Å². The number of nitrogens with one attached hydrogen (secondary N) is 1. The van der Waals surface area contributed by atoms with Gasteiger partial charge in [0.15, 0.2) is 0 Å². The quantitative estimate of drug-likeness (QED) is 0.625. The van der Waals surface area contributed by atoms with Crippen LogP contribution in [0, 0.1) is 0 Å². The molecule has 0 aromatic rings. The van der Waals surface area contributed by atoms with Gasteiger partial charge in [0.1, 0.15) is 0 Å². The number of hydrogen-bond acceptors (Lipinski definition) is 3. The fraction of sp³-hybridized carbons (Fsp3) is 1.00. The maximum atomic E-state index is 3.74. The van der Waals surface area contributed by atoms with E-state index in [1.54, 1.807) is 0 Å². The molecule has 1 nitrogen and oxygen atoms in total. The number of hydrogen-bond donors (Lipinski definition) is 1. The van der Waals surface area contributed by atoms with Crippen LogP contribution in [-0.2, 0) is 0 Å². The summed E-state index contributed by atoms with van der Waals surface area (Å²) in [5, 5.41) is 5.39. The number of rotatable bonds is 9. The van der Waals surface area contributed by atoms with E-state index in [9.17, 15) is 0 Å². The zero-order valence-corrected chi connectivity index (χ0v) is 14.0. The molecule has 1 aliphatic heterocycles. The van der Waals surface area contributed by atoms with E-state index in [0.29, 0.717) is 0 Å². The minimum absolute atomic E-state index is 0.740. The minimum atomic E-state index is 0.740. The van der Waals surface area contributed by atoms with Gasteiger partial charge in [0.05, 0.1) is 0 Å². The van der Waals surface area contributed by atoms with E-state index in [0.717, 1.165) is 23.1 Å². The summed E-state index contributed by atoms with van der Waals surface area (Å²) in [5.41, 5.74) is 0. The molecule has 0 saturated carbocycles. The highest BCUT2D eigenvalue weighted by atomic mass is 32.2. The van der Waals surface area contributed by atoms with Gasteiger partial charge in [-0.05, 0) is 13.0 Å². The van der Waals surface area contributed by atoms with Gasteiger partial charge in [0.25, 0.3) is 0 Å². The Hall–Kier alpha value is 0.660. The highest BCUT2D eigenvalue weighted by Crippen LogP contribution is 2.34. The van der Waals surface area contributed by atoms with Crippen LogP contribution >= 0.6 is 23.5 Å². The first-order chi connectivity index (χ1) is 8.79. The predicted octanol–water partition coefficient (Wildman–Crippen LogP) is 4.56. The average molecular weight is 290 g/mol. The first-order valence-electron chi connectivity index (χ1n) is 7.76. The van der Waals surface area contributed by atoms with E-state index in [1.165, 1.54) is 50.0 Å². The van der Waals surface area contributed by atoms with Crippen molar-refractivity contribution in [1.82, 2.24) is 5.32 Å². The summed E-state index contributed by atoms with van der Waals surface area (Å²) in [4.78, 5) is 0. The van der Waals surface area contributed by atoms with Crippen molar-refractivity contribution in [2.45, 2.75) is 75.8 Å². The average Bonchev–Trinajstić information content (AvgIpc) is 2.38. The van der Waals surface area contributed by atoms with Crippen LogP contribution in [0.5, 0.6) is 0 Å². The van der Waals surface area contributed by atoms with Crippen molar-refractivity contribution in [2.24, 2.45) is 0 Å². The van der Waals surface area contributed by atoms with Crippen molar-refractivity contribution in [1.29, 1.82) is 0 Å². The summed E-state index contributed by atoms with van der Waals surface area (Å²) in [6, 6.07) is 0.740. The lowest BCUT2D eigenvalue weighted by Crippen LogP contribution is -2.44. The normalized spacial score (nSPS) is 26.2. The molecule has 0 radical (unpaired) electrons. The van der Waals surface area contributed by atoms with Crippen molar-refractivity contribution in [3.63, 3.8) is 0 Å². The third-order valence-electron chi connectivity index (χ3n) is 3.72. The maximum absolute atomic E-state index is 3.74. The van der Waals surface area contributed by atoms with Crippen LogP contribution < -0.4 is 5.32 Å². The third kappa shape index (κ3) is 6.21. The Balaban J connectivity index is 2.28. The highest BCUT2D eigenvalue weighted by Gasteiger charge is 2.29. The molecule has 1 heterocycles. The molecule has 0 aromatic heterocycles. The van der Waals surface area contributed by atoms with Crippen LogP contribution in [0.1, 0.15) is 59.3 Å². The molecule has 0 aromatic carbocycles. The lowest BCUT2D eigenvalue weighted by atomic mass is 10.0. The van der Waals surface area contributed by atoms with Crippen LogP contribution in [0.3, 0.4) is 0 Å². The van der Waals surface area contributed by atoms with Crippen molar-refractivity contribution in [2.75, 3.05) is 18.1 Å². The van der Waals surface area contributed by atoms with Crippen molar-refractivity contribution in [3.8, 4) is 0 Å². The van der Waals surface area contributed by atoms with E-state index in [4.69, 9.17) is 0 Å². The Bertz CT molecular complexity index is 199. The van der Waals surface area contributed by atoms with Crippen LogP contribution in [-0.4, -0.2) is 34.6 Å². The molecular formula is C15H31NS2. The molecule has 1 aliphatic rings. The molecule has 0 amide bonds. The van der Waals surface area contributed by atoms with Gasteiger partial charge in [-0.3, -0.25) is 0 Å². The fourth-order valence-electron chi connectivity index (χ4n) is 2.70. The molecule has 108 valence electrons. The molecule has 0 aliphatic carbocycles. The minimum Gasteiger partial charge on any atom is -0.313 e. The van der Waals surface area contributed by atoms with E-state index in [-0.39, 0.29) is 0 Å². The van der Waals surface area contributed by atoms with Gasteiger partial charge in [-0.15, -0.1) is 0 Å². The fourth-order valence-corrected chi connectivity index (χ4v) is 5.70. The summed E-state index contributed by atoms with van der Waals surface area (Å²) >= 11 is 4.37. The summed E-state index contributed by atoms with van der Waals surface area (Å²) in [7, 11) is 0. The van der Waals surface area contributed by atoms with Gasteiger partial charge < -0.3 is 5.32 Å². The summed E-state index contributed by atoms with van der Waals surface area (Å²) in [6.07, 6.45) is 8.40. The number of thioether (sulfide) groups is 2. The largest absolute Gasteiger partial charge is 0.313 e. The van der Waals surface area contributed by atoms with E-state index in [2.05, 4.69) is 49.6 Å². The van der Waals surface area contributed by atoms with Crippen molar-refractivity contribution in [3.05, 3.63) is 0 Å². The van der Waals surface area contributed by atoms with Gasteiger partial charge in [-0.1, -0.05) is 52.9 Å². The zero-order chi connectivity index (χ0) is 13.2. The molecule has 1 N–H and O–H groups in total. The van der Waals surface area contributed by atoms with E-state index in [1.807, 2.05) is 0 Å².